The summed E-state index contributed by atoms with van der Waals surface area (Å²) >= 11 is 1.50. The number of oxazole rings is 1. The first-order valence-electron chi connectivity index (χ1n) is 5.90. The van der Waals surface area contributed by atoms with Crippen molar-refractivity contribution in [1.29, 1.82) is 0 Å². The molecule has 0 fully saturated rings. The zero-order chi connectivity index (χ0) is 13.6. The predicted octanol–water partition coefficient (Wildman–Crippen LogP) is 2.01. The van der Waals surface area contributed by atoms with E-state index in [-0.39, 0.29) is 5.97 Å². The van der Waals surface area contributed by atoms with Gasteiger partial charge in [-0.3, -0.25) is 4.79 Å². The average molecular weight is 272 g/mol. The van der Waals surface area contributed by atoms with Crippen molar-refractivity contribution in [2.45, 2.75) is 38.0 Å². The van der Waals surface area contributed by atoms with E-state index in [9.17, 15) is 4.79 Å². The Bertz CT molecular complexity index is 394. The summed E-state index contributed by atoms with van der Waals surface area (Å²) in [6, 6.07) is 0. The molecule has 0 saturated heterocycles. The van der Waals surface area contributed by atoms with Crippen LogP contribution in [0.4, 0.5) is 0 Å². The van der Waals surface area contributed by atoms with Crippen molar-refractivity contribution < 1.29 is 13.9 Å². The molecule has 1 unspecified atom stereocenters. The Morgan fingerprint density at radius 1 is 1.67 bits per heavy atom. The highest BCUT2D eigenvalue weighted by molar-refractivity contribution is 7.99. The van der Waals surface area contributed by atoms with Gasteiger partial charge in [0.1, 0.15) is 11.8 Å². The minimum absolute atomic E-state index is 0.242. The lowest BCUT2D eigenvalue weighted by molar-refractivity contribution is -0.148. The van der Waals surface area contributed by atoms with Crippen molar-refractivity contribution in [3.05, 3.63) is 12.0 Å². The Balaban J connectivity index is 2.49. The molecule has 0 amide bonds. The molecule has 1 rings (SSSR count). The number of likely N-dealkylation sites (N-methyl/N-ethyl adjacent to an activating group) is 1. The van der Waals surface area contributed by atoms with Crippen LogP contribution in [0.2, 0.25) is 0 Å². The number of methoxy groups -OCH3 is 1. The fourth-order valence-electron chi connectivity index (χ4n) is 1.62. The summed E-state index contributed by atoms with van der Waals surface area (Å²) in [4.78, 5) is 15.9. The number of nitrogens with zero attached hydrogens (tertiary/aromatic N) is 1. The zero-order valence-electron chi connectivity index (χ0n) is 11.3. The molecular weight excluding hydrogens is 252 g/mol. The lowest BCUT2D eigenvalue weighted by atomic mass is 9.99. The number of ether oxygens (including phenoxy) is 1. The largest absolute Gasteiger partial charge is 0.468 e. The molecule has 1 heterocycles. The van der Waals surface area contributed by atoms with Crippen molar-refractivity contribution >= 4 is 17.7 Å². The highest BCUT2D eigenvalue weighted by Gasteiger charge is 2.32. The third kappa shape index (κ3) is 4.03. The van der Waals surface area contributed by atoms with Crippen molar-refractivity contribution in [2.24, 2.45) is 0 Å². The molecule has 0 aliphatic rings. The van der Waals surface area contributed by atoms with Crippen LogP contribution in [0.1, 0.15) is 26.0 Å². The van der Waals surface area contributed by atoms with Gasteiger partial charge in [-0.15, -0.1) is 0 Å². The molecule has 0 bridgehead atoms. The van der Waals surface area contributed by atoms with E-state index < -0.39 is 5.54 Å². The summed E-state index contributed by atoms with van der Waals surface area (Å²) in [5, 5.41) is 3.80. The SMILES string of the molecule is CCNC(C)(CCSc1nc(C)co1)C(=O)OC. The van der Waals surface area contributed by atoms with Crippen molar-refractivity contribution in [3.8, 4) is 0 Å². The normalized spacial score (nSPS) is 14.2. The molecule has 0 spiro atoms. The molecule has 0 aliphatic carbocycles. The summed E-state index contributed by atoms with van der Waals surface area (Å²) in [6.45, 7) is 6.41. The summed E-state index contributed by atoms with van der Waals surface area (Å²) in [7, 11) is 1.41. The molecule has 0 radical (unpaired) electrons. The smallest absolute Gasteiger partial charge is 0.325 e. The Morgan fingerprint density at radius 2 is 2.39 bits per heavy atom. The summed E-state index contributed by atoms with van der Waals surface area (Å²) in [6.07, 6.45) is 2.27. The number of carbonyl (C=O) groups is 1. The van der Waals surface area contributed by atoms with Gasteiger partial charge < -0.3 is 14.5 Å². The van der Waals surface area contributed by atoms with Gasteiger partial charge in [-0.05, 0) is 26.8 Å². The lowest BCUT2D eigenvalue weighted by Crippen LogP contribution is -2.50. The van der Waals surface area contributed by atoms with E-state index in [1.54, 1.807) is 6.26 Å². The highest BCUT2D eigenvalue weighted by atomic mass is 32.2. The standard InChI is InChI=1S/C12H20N2O3S/c1-5-13-12(3,10(15)16-4)6-7-18-11-14-9(2)8-17-11/h8,13H,5-7H2,1-4H3. The number of thioether (sulfide) groups is 1. The van der Waals surface area contributed by atoms with Crippen LogP contribution >= 0.6 is 11.8 Å². The molecule has 0 saturated carbocycles. The lowest BCUT2D eigenvalue weighted by Gasteiger charge is -2.27. The monoisotopic (exact) mass is 272 g/mol. The van der Waals surface area contributed by atoms with Crippen LogP contribution in [0.15, 0.2) is 15.9 Å². The van der Waals surface area contributed by atoms with Gasteiger partial charge in [0.2, 0.25) is 0 Å². The van der Waals surface area contributed by atoms with Crippen LogP contribution in [0.25, 0.3) is 0 Å². The topological polar surface area (TPSA) is 64.4 Å². The number of rotatable bonds is 7. The second kappa shape index (κ2) is 6.80. The maximum atomic E-state index is 11.7. The zero-order valence-corrected chi connectivity index (χ0v) is 12.1. The molecule has 5 nitrogen and oxygen atoms in total. The quantitative estimate of drug-likeness (QED) is 0.605. The van der Waals surface area contributed by atoms with Crippen LogP contribution in [-0.4, -0.2) is 35.9 Å². The maximum absolute atomic E-state index is 11.7. The van der Waals surface area contributed by atoms with E-state index in [4.69, 9.17) is 9.15 Å². The number of esters is 1. The number of hydrogen-bond acceptors (Lipinski definition) is 6. The van der Waals surface area contributed by atoms with Crippen LogP contribution in [0.5, 0.6) is 0 Å². The van der Waals surface area contributed by atoms with Crippen LogP contribution in [0.3, 0.4) is 0 Å². The van der Waals surface area contributed by atoms with Gasteiger partial charge in [-0.2, -0.15) is 0 Å². The van der Waals surface area contributed by atoms with E-state index in [0.29, 0.717) is 18.2 Å². The van der Waals surface area contributed by atoms with Crippen LogP contribution < -0.4 is 5.32 Å². The number of nitrogens with one attached hydrogen (secondary N) is 1. The van der Waals surface area contributed by atoms with Crippen LogP contribution in [0, 0.1) is 6.92 Å². The average Bonchev–Trinajstić information content (AvgIpc) is 2.74. The first-order chi connectivity index (χ1) is 8.51. The molecule has 6 heteroatoms. The molecule has 102 valence electrons. The van der Waals surface area contributed by atoms with Gasteiger partial charge in [-0.1, -0.05) is 18.7 Å². The van der Waals surface area contributed by atoms with Crippen molar-refractivity contribution in [3.63, 3.8) is 0 Å². The third-order valence-electron chi connectivity index (χ3n) is 2.63. The second-order valence-corrected chi connectivity index (χ2v) is 5.25. The first kappa shape index (κ1) is 15.0. The summed E-state index contributed by atoms with van der Waals surface area (Å²) in [5.41, 5.74) is 0.206. The van der Waals surface area contributed by atoms with Gasteiger partial charge in [-0.25, -0.2) is 4.98 Å². The Labute approximate surface area is 112 Å². The summed E-state index contributed by atoms with van der Waals surface area (Å²) in [5.74, 6) is 0.493. The van der Waals surface area contributed by atoms with E-state index in [2.05, 4.69) is 10.3 Å². The Morgan fingerprint density at radius 3 is 2.89 bits per heavy atom. The molecule has 0 aromatic carbocycles. The number of carbonyl (C=O) groups excluding carboxylic acids is 1. The minimum atomic E-state index is -0.655. The second-order valence-electron chi connectivity index (χ2n) is 4.21. The highest BCUT2D eigenvalue weighted by Crippen LogP contribution is 2.22. The minimum Gasteiger partial charge on any atom is -0.468 e. The van der Waals surface area contributed by atoms with E-state index in [0.717, 1.165) is 11.4 Å². The van der Waals surface area contributed by atoms with Crippen molar-refractivity contribution in [1.82, 2.24) is 10.3 Å². The van der Waals surface area contributed by atoms with Gasteiger partial charge in [0.15, 0.2) is 0 Å². The van der Waals surface area contributed by atoms with Crippen molar-refractivity contribution in [2.75, 3.05) is 19.4 Å². The fraction of sp³-hybridized carbons (Fsp3) is 0.667. The first-order valence-corrected chi connectivity index (χ1v) is 6.88. The van der Waals surface area contributed by atoms with E-state index >= 15 is 0 Å². The molecule has 1 atom stereocenters. The van der Waals surface area contributed by atoms with Gasteiger partial charge in [0.05, 0.1) is 12.8 Å². The number of aromatic nitrogens is 1. The third-order valence-corrected chi connectivity index (χ3v) is 3.47. The van der Waals surface area contributed by atoms with Crippen LogP contribution in [-0.2, 0) is 9.53 Å². The van der Waals surface area contributed by atoms with Gasteiger partial charge >= 0.3 is 5.97 Å². The number of hydrogen-bond donors (Lipinski definition) is 1. The number of aryl methyl sites for hydroxylation is 1. The van der Waals surface area contributed by atoms with E-state index in [1.807, 2.05) is 20.8 Å². The molecular formula is C12H20N2O3S. The van der Waals surface area contributed by atoms with Gasteiger partial charge in [0.25, 0.3) is 5.22 Å². The van der Waals surface area contributed by atoms with Gasteiger partial charge in [0, 0.05) is 5.75 Å². The predicted molar refractivity (Wildman–Crippen MR) is 70.7 cm³/mol. The molecule has 0 aliphatic heterocycles. The Kier molecular flexibility index (Phi) is 5.68. The molecule has 18 heavy (non-hydrogen) atoms. The molecule has 1 N–H and O–H groups in total. The molecule has 1 aromatic heterocycles. The van der Waals surface area contributed by atoms with E-state index in [1.165, 1.54) is 18.9 Å². The molecule has 1 aromatic rings. The Hall–Kier alpha value is -1.01. The fourth-order valence-corrected chi connectivity index (χ4v) is 2.63. The maximum Gasteiger partial charge on any atom is 0.325 e. The summed E-state index contributed by atoms with van der Waals surface area (Å²) < 4.78 is 10.1.